The highest BCUT2D eigenvalue weighted by molar-refractivity contribution is 8.00. The molecule has 6 nitrogen and oxygen atoms in total. The highest BCUT2D eigenvalue weighted by Gasteiger charge is 2.19. The fourth-order valence-electron chi connectivity index (χ4n) is 2.14. The van der Waals surface area contributed by atoms with Gasteiger partial charge in [-0.15, -0.1) is 10.2 Å². The molecule has 0 spiro atoms. The lowest BCUT2D eigenvalue weighted by molar-refractivity contribution is -0.115. The number of amides is 1. The van der Waals surface area contributed by atoms with Gasteiger partial charge in [0.1, 0.15) is 5.75 Å². The number of hydrogen-bond acceptors (Lipinski definition) is 6. The summed E-state index contributed by atoms with van der Waals surface area (Å²) in [5.41, 5.74) is 1.46. The van der Waals surface area contributed by atoms with Crippen LogP contribution in [0, 0.1) is 0 Å². The molecule has 3 rings (SSSR count). The maximum absolute atomic E-state index is 12.4. The molecule has 0 saturated heterocycles. The number of nitrogens with one attached hydrogen (secondary N) is 1. The molecule has 1 aromatic heterocycles. The predicted octanol–water partition coefficient (Wildman–Crippen LogP) is 3.86. The Kier molecular flexibility index (Phi) is 5.35. The molecule has 0 radical (unpaired) electrons. The van der Waals surface area contributed by atoms with Gasteiger partial charge in [-0.2, -0.15) is 0 Å². The van der Waals surface area contributed by atoms with Gasteiger partial charge in [-0.3, -0.25) is 4.79 Å². The van der Waals surface area contributed by atoms with Crippen LogP contribution in [0.3, 0.4) is 0 Å². The Balaban J connectivity index is 1.65. The second kappa shape index (κ2) is 7.85. The van der Waals surface area contributed by atoms with Crippen molar-refractivity contribution in [2.75, 3.05) is 12.4 Å². The van der Waals surface area contributed by atoms with Crippen LogP contribution in [-0.4, -0.2) is 28.5 Å². The summed E-state index contributed by atoms with van der Waals surface area (Å²) in [6.07, 6.45) is 0. The summed E-state index contributed by atoms with van der Waals surface area (Å²) < 4.78 is 10.9. The van der Waals surface area contributed by atoms with E-state index in [1.54, 1.807) is 26.2 Å². The van der Waals surface area contributed by atoms with Gasteiger partial charge in [-0.25, -0.2) is 0 Å². The standard InChI is InChI=1S/C18H17N3O3S/c1-12(16(22)19-14-10-6-7-11-15(14)23-2)25-18-21-20-17(24-18)13-8-4-3-5-9-13/h3-12H,1-2H3,(H,19,22). The van der Waals surface area contributed by atoms with Gasteiger partial charge in [-0.05, 0) is 31.2 Å². The maximum atomic E-state index is 12.4. The smallest absolute Gasteiger partial charge is 0.277 e. The summed E-state index contributed by atoms with van der Waals surface area (Å²) in [6, 6.07) is 16.7. The van der Waals surface area contributed by atoms with Crippen LogP contribution in [-0.2, 0) is 4.79 Å². The van der Waals surface area contributed by atoms with Crippen LogP contribution in [0.4, 0.5) is 5.69 Å². The number of carbonyl (C=O) groups is 1. The molecule has 3 aromatic rings. The van der Waals surface area contributed by atoms with Crippen LogP contribution < -0.4 is 10.1 Å². The molecule has 0 aliphatic heterocycles. The van der Waals surface area contributed by atoms with Crippen molar-refractivity contribution in [2.24, 2.45) is 0 Å². The number of rotatable bonds is 6. The lowest BCUT2D eigenvalue weighted by Crippen LogP contribution is -2.22. The SMILES string of the molecule is COc1ccccc1NC(=O)C(C)Sc1nnc(-c2ccccc2)o1. The Morgan fingerprint density at radius 1 is 1.12 bits per heavy atom. The van der Waals surface area contributed by atoms with Crippen molar-refractivity contribution >= 4 is 23.4 Å². The van der Waals surface area contributed by atoms with Crippen molar-refractivity contribution in [3.63, 3.8) is 0 Å². The van der Waals surface area contributed by atoms with E-state index in [0.29, 0.717) is 22.6 Å². The summed E-state index contributed by atoms with van der Waals surface area (Å²) in [4.78, 5) is 12.4. The number of para-hydroxylation sites is 2. The minimum absolute atomic E-state index is 0.172. The first-order chi connectivity index (χ1) is 12.2. The second-order valence-corrected chi connectivity index (χ2v) is 6.48. The summed E-state index contributed by atoms with van der Waals surface area (Å²) in [7, 11) is 1.56. The van der Waals surface area contributed by atoms with Crippen LogP contribution in [0.2, 0.25) is 0 Å². The van der Waals surface area contributed by atoms with Gasteiger partial charge in [0.15, 0.2) is 0 Å². The quantitative estimate of drug-likeness (QED) is 0.677. The topological polar surface area (TPSA) is 77.2 Å². The molecular weight excluding hydrogens is 338 g/mol. The summed E-state index contributed by atoms with van der Waals surface area (Å²) in [6.45, 7) is 1.78. The average Bonchev–Trinajstić information content (AvgIpc) is 3.11. The zero-order valence-electron chi connectivity index (χ0n) is 13.8. The molecule has 7 heteroatoms. The molecule has 0 aliphatic rings. The van der Waals surface area contributed by atoms with Crippen LogP contribution in [0.25, 0.3) is 11.5 Å². The van der Waals surface area contributed by atoms with E-state index in [0.717, 1.165) is 5.56 Å². The highest BCUT2D eigenvalue weighted by atomic mass is 32.2. The molecule has 1 atom stereocenters. The van der Waals surface area contributed by atoms with Crippen molar-refractivity contribution in [1.82, 2.24) is 10.2 Å². The van der Waals surface area contributed by atoms with Gasteiger partial charge in [0, 0.05) is 5.56 Å². The van der Waals surface area contributed by atoms with E-state index in [4.69, 9.17) is 9.15 Å². The van der Waals surface area contributed by atoms with E-state index in [9.17, 15) is 4.79 Å². The molecule has 128 valence electrons. The molecule has 2 aromatic carbocycles. The van der Waals surface area contributed by atoms with Crippen LogP contribution in [0.1, 0.15) is 6.92 Å². The number of anilines is 1. The number of aromatic nitrogens is 2. The number of hydrogen-bond donors (Lipinski definition) is 1. The Bertz CT molecular complexity index is 852. The largest absolute Gasteiger partial charge is 0.495 e. The fourth-order valence-corrected chi connectivity index (χ4v) is 2.83. The third-order valence-corrected chi connectivity index (χ3v) is 4.37. The van der Waals surface area contributed by atoms with Gasteiger partial charge < -0.3 is 14.5 Å². The zero-order chi connectivity index (χ0) is 17.6. The third kappa shape index (κ3) is 4.19. The zero-order valence-corrected chi connectivity index (χ0v) is 14.6. The number of carbonyl (C=O) groups excluding carboxylic acids is 1. The van der Waals surface area contributed by atoms with E-state index in [1.165, 1.54) is 11.8 Å². The molecule has 0 aliphatic carbocycles. The van der Waals surface area contributed by atoms with Gasteiger partial charge in [0.05, 0.1) is 18.0 Å². The van der Waals surface area contributed by atoms with Crippen LogP contribution in [0.15, 0.2) is 64.2 Å². The highest BCUT2D eigenvalue weighted by Crippen LogP contribution is 2.28. The second-order valence-electron chi connectivity index (χ2n) is 5.19. The van der Waals surface area contributed by atoms with Gasteiger partial charge in [0.25, 0.3) is 5.22 Å². The Morgan fingerprint density at radius 3 is 2.60 bits per heavy atom. The van der Waals surface area contributed by atoms with E-state index in [-0.39, 0.29) is 5.91 Å². The van der Waals surface area contributed by atoms with E-state index >= 15 is 0 Å². The molecule has 1 amide bonds. The molecule has 0 bridgehead atoms. The number of thioether (sulfide) groups is 1. The Hall–Kier alpha value is -2.80. The average molecular weight is 355 g/mol. The number of nitrogens with zero attached hydrogens (tertiary/aromatic N) is 2. The molecule has 1 heterocycles. The van der Waals surface area contributed by atoms with Gasteiger partial charge in [0.2, 0.25) is 11.8 Å². The lowest BCUT2D eigenvalue weighted by atomic mass is 10.2. The van der Waals surface area contributed by atoms with Crippen LogP contribution in [0.5, 0.6) is 5.75 Å². The number of methoxy groups -OCH3 is 1. The minimum atomic E-state index is -0.408. The van der Waals surface area contributed by atoms with Crippen molar-refractivity contribution in [3.05, 3.63) is 54.6 Å². The normalized spacial score (nSPS) is 11.8. The van der Waals surface area contributed by atoms with Crippen molar-refractivity contribution < 1.29 is 13.9 Å². The van der Waals surface area contributed by atoms with E-state index in [1.807, 2.05) is 42.5 Å². The first-order valence-electron chi connectivity index (χ1n) is 7.67. The maximum Gasteiger partial charge on any atom is 0.277 e. The monoisotopic (exact) mass is 355 g/mol. The summed E-state index contributed by atoms with van der Waals surface area (Å²) >= 11 is 1.21. The number of ether oxygens (including phenoxy) is 1. The van der Waals surface area contributed by atoms with Crippen molar-refractivity contribution in [2.45, 2.75) is 17.4 Å². The molecule has 25 heavy (non-hydrogen) atoms. The Morgan fingerprint density at radius 2 is 1.84 bits per heavy atom. The molecule has 0 saturated carbocycles. The third-order valence-electron chi connectivity index (χ3n) is 3.44. The first kappa shape index (κ1) is 17.0. The van der Waals surface area contributed by atoms with E-state index in [2.05, 4.69) is 15.5 Å². The predicted molar refractivity (Wildman–Crippen MR) is 96.7 cm³/mol. The van der Waals surface area contributed by atoms with Gasteiger partial charge in [-0.1, -0.05) is 42.1 Å². The first-order valence-corrected chi connectivity index (χ1v) is 8.55. The molecular formula is C18H17N3O3S. The van der Waals surface area contributed by atoms with Gasteiger partial charge >= 0.3 is 0 Å². The lowest BCUT2D eigenvalue weighted by Gasteiger charge is -2.12. The molecule has 1 N–H and O–H groups in total. The number of benzene rings is 2. The summed E-state index contributed by atoms with van der Waals surface area (Å²) in [5, 5.41) is 10.8. The van der Waals surface area contributed by atoms with Crippen LogP contribution >= 0.6 is 11.8 Å². The van der Waals surface area contributed by atoms with E-state index < -0.39 is 5.25 Å². The van der Waals surface area contributed by atoms with Crippen molar-refractivity contribution in [3.8, 4) is 17.2 Å². The molecule has 0 fully saturated rings. The molecule has 1 unspecified atom stereocenters. The minimum Gasteiger partial charge on any atom is -0.495 e. The Labute approximate surface area is 149 Å². The van der Waals surface area contributed by atoms with Crippen molar-refractivity contribution in [1.29, 1.82) is 0 Å². The fraction of sp³-hybridized carbons (Fsp3) is 0.167. The summed E-state index contributed by atoms with van der Waals surface area (Å²) in [5.74, 6) is 0.867.